The molecule has 2 N–H and O–H groups in total. The van der Waals surface area contributed by atoms with Crippen LogP contribution >= 0.6 is 12.6 Å². The first-order chi connectivity index (χ1) is 4.74. The van der Waals surface area contributed by atoms with Gasteiger partial charge in [0.15, 0.2) is 0 Å². The second-order valence-electron chi connectivity index (χ2n) is 1.83. The van der Waals surface area contributed by atoms with E-state index in [4.69, 9.17) is 5.73 Å². The standard InChI is InChI=1S/C6H6N2OS/c7-5-2-1-4(8-9)3-6(5)10/h1-3,10H,7H2. The number of nitrogens with zero attached hydrogens (tertiary/aromatic N) is 1. The van der Waals surface area contributed by atoms with E-state index in [1.54, 1.807) is 12.1 Å². The molecule has 0 heterocycles. The highest BCUT2D eigenvalue weighted by Gasteiger charge is 1.95. The van der Waals surface area contributed by atoms with Crippen LogP contribution in [0, 0.1) is 4.91 Å². The van der Waals surface area contributed by atoms with Crippen LogP contribution in [0.25, 0.3) is 0 Å². The molecule has 0 bridgehead atoms. The first kappa shape index (κ1) is 7.08. The van der Waals surface area contributed by atoms with Crippen LogP contribution in [0.2, 0.25) is 0 Å². The van der Waals surface area contributed by atoms with Gasteiger partial charge in [-0.05, 0) is 23.4 Å². The summed E-state index contributed by atoms with van der Waals surface area (Å²) in [5.74, 6) is 0. The normalized spacial score (nSPS) is 9.30. The van der Waals surface area contributed by atoms with Crippen molar-refractivity contribution in [2.24, 2.45) is 5.18 Å². The molecule has 0 radical (unpaired) electrons. The maximum atomic E-state index is 9.95. The molecule has 0 amide bonds. The smallest absolute Gasteiger partial charge is 0.109 e. The fourth-order valence-corrected chi connectivity index (χ4v) is 0.796. The van der Waals surface area contributed by atoms with Crippen molar-refractivity contribution in [2.45, 2.75) is 4.90 Å². The van der Waals surface area contributed by atoms with Gasteiger partial charge in [-0.15, -0.1) is 17.5 Å². The van der Waals surface area contributed by atoms with Crippen LogP contribution in [0.4, 0.5) is 11.4 Å². The van der Waals surface area contributed by atoms with Crippen molar-refractivity contribution in [1.82, 2.24) is 0 Å². The van der Waals surface area contributed by atoms with Crippen LogP contribution in [0.5, 0.6) is 0 Å². The van der Waals surface area contributed by atoms with Gasteiger partial charge in [-0.3, -0.25) is 0 Å². The van der Waals surface area contributed by atoms with Gasteiger partial charge < -0.3 is 5.73 Å². The van der Waals surface area contributed by atoms with Crippen LogP contribution in [0.15, 0.2) is 28.3 Å². The van der Waals surface area contributed by atoms with Crippen molar-refractivity contribution in [3.8, 4) is 0 Å². The minimum absolute atomic E-state index is 0.346. The lowest BCUT2D eigenvalue weighted by Gasteiger charge is -1.96. The summed E-state index contributed by atoms with van der Waals surface area (Å²) in [5, 5.41) is 2.72. The Balaban J connectivity index is 3.16. The zero-order valence-corrected chi connectivity index (χ0v) is 6.01. The first-order valence-corrected chi connectivity index (χ1v) is 3.10. The fraction of sp³-hybridized carbons (Fsp3) is 0. The van der Waals surface area contributed by atoms with Gasteiger partial charge in [-0.2, -0.15) is 0 Å². The van der Waals surface area contributed by atoms with Gasteiger partial charge in [-0.25, -0.2) is 0 Å². The number of nitrogens with two attached hydrogens (primary N) is 1. The van der Waals surface area contributed by atoms with Crippen LogP contribution in [-0.2, 0) is 0 Å². The minimum atomic E-state index is 0.346. The van der Waals surface area contributed by atoms with Gasteiger partial charge in [0, 0.05) is 10.6 Å². The topological polar surface area (TPSA) is 55.4 Å². The minimum Gasteiger partial charge on any atom is -0.398 e. The Labute approximate surface area is 63.6 Å². The fourth-order valence-electron chi connectivity index (χ4n) is 0.589. The summed E-state index contributed by atoms with van der Waals surface area (Å²) in [6.45, 7) is 0. The molecule has 0 atom stereocenters. The number of nitrogen functional groups attached to an aromatic ring is 1. The molecule has 1 aromatic rings. The van der Waals surface area contributed by atoms with Crippen LogP contribution < -0.4 is 5.73 Å². The van der Waals surface area contributed by atoms with Crippen LogP contribution in [0.3, 0.4) is 0 Å². The van der Waals surface area contributed by atoms with E-state index in [2.05, 4.69) is 17.8 Å². The SMILES string of the molecule is Nc1ccc(N=O)cc1S. The quantitative estimate of drug-likeness (QED) is 0.369. The maximum absolute atomic E-state index is 9.95. The summed E-state index contributed by atoms with van der Waals surface area (Å²) in [4.78, 5) is 10.5. The van der Waals surface area contributed by atoms with Gasteiger partial charge in [-0.1, -0.05) is 0 Å². The second kappa shape index (κ2) is 2.70. The van der Waals surface area contributed by atoms with Crippen molar-refractivity contribution < 1.29 is 0 Å². The number of nitroso groups, excluding NO2 is 1. The summed E-state index contributed by atoms with van der Waals surface area (Å²) in [6.07, 6.45) is 0. The summed E-state index contributed by atoms with van der Waals surface area (Å²) in [5.41, 5.74) is 6.32. The summed E-state index contributed by atoms with van der Waals surface area (Å²) in [6, 6.07) is 4.66. The molecule has 0 saturated carbocycles. The Morgan fingerprint density at radius 3 is 2.70 bits per heavy atom. The molecule has 0 saturated heterocycles. The Kier molecular flexibility index (Phi) is 1.91. The van der Waals surface area contributed by atoms with E-state index in [-0.39, 0.29) is 0 Å². The Bertz CT molecular complexity index is 262. The summed E-state index contributed by atoms with van der Waals surface area (Å²) >= 11 is 4.00. The third kappa shape index (κ3) is 1.27. The molecule has 1 rings (SSSR count). The van der Waals surface area contributed by atoms with Crippen LogP contribution in [-0.4, -0.2) is 0 Å². The monoisotopic (exact) mass is 154 g/mol. The molecule has 52 valence electrons. The molecule has 3 nitrogen and oxygen atoms in total. The predicted molar refractivity (Wildman–Crippen MR) is 43.6 cm³/mol. The highest BCUT2D eigenvalue weighted by atomic mass is 32.1. The Morgan fingerprint density at radius 2 is 2.20 bits per heavy atom. The van der Waals surface area contributed by atoms with Crippen LogP contribution in [0.1, 0.15) is 0 Å². The summed E-state index contributed by atoms with van der Waals surface area (Å²) in [7, 11) is 0. The molecule has 1 aromatic carbocycles. The van der Waals surface area contributed by atoms with E-state index in [1.165, 1.54) is 6.07 Å². The average Bonchev–Trinajstić information content (AvgIpc) is 1.95. The molecule has 0 fully saturated rings. The molecular formula is C6H6N2OS. The first-order valence-electron chi connectivity index (χ1n) is 2.66. The van der Waals surface area contributed by atoms with E-state index < -0.39 is 0 Å². The third-order valence-electron chi connectivity index (χ3n) is 1.12. The molecule has 10 heavy (non-hydrogen) atoms. The van der Waals surface area contributed by atoms with E-state index in [1.807, 2.05) is 0 Å². The molecule has 0 aliphatic carbocycles. The third-order valence-corrected chi connectivity index (χ3v) is 1.51. The maximum Gasteiger partial charge on any atom is 0.109 e. The van der Waals surface area contributed by atoms with Gasteiger partial charge in [0.1, 0.15) is 5.69 Å². The van der Waals surface area contributed by atoms with E-state index >= 15 is 0 Å². The van der Waals surface area contributed by atoms with E-state index in [0.717, 1.165) is 0 Å². The lowest BCUT2D eigenvalue weighted by molar-refractivity contribution is 1.41. The number of hydrogen-bond acceptors (Lipinski definition) is 4. The number of anilines is 1. The molecule has 0 aliphatic rings. The lowest BCUT2D eigenvalue weighted by atomic mass is 10.3. The second-order valence-corrected chi connectivity index (χ2v) is 2.32. The Hall–Kier alpha value is -1.03. The molecule has 0 spiro atoms. The molecule has 0 aromatic heterocycles. The zero-order chi connectivity index (χ0) is 7.56. The number of hydrogen-bond donors (Lipinski definition) is 2. The highest BCUT2D eigenvalue weighted by molar-refractivity contribution is 7.80. The van der Waals surface area contributed by atoms with Gasteiger partial charge >= 0.3 is 0 Å². The van der Waals surface area contributed by atoms with E-state index in [0.29, 0.717) is 16.3 Å². The number of benzene rings is 1. The predicted octanol–water partition coefficient (Wildman–Crippen LogP) is 1.96. The van der Waals surface area contributed by atoms with Crippen molar-refractivity contribution in [3.05, 3.63) is 23.1 Å². The molecule has 4 heteroatoms. The zero-order valence-electron chi connectivity index (χ0n) is 5.11. The molecule has 0 unspecified atom stereocenters. The van der Waals surface area contributed by atoms with Gasteiger partial charge in [0.05, 0.1) is 0 Å². The van der Waals surface area contributed by atoms with Crippen molar-refractivity contribution >= 4 is 24.0 Å². The summed E-state index contributed by atoms with van der Waals surface area (Å²) < 4.78 is 0. The Morgan fingerprint density at radius 1 is 1.50 bits per heavy atom. The highest BCUT2D eigenvalue weighted by Crippen LogP contribution is 2.22. The lowest BCUT2D eigenvalue weighted by Crippen LogP contribution is -1.84. The van der Waals surface area contributed by atoms with Crippen molar-refractivity contribution in [2.75, 3.05) is 5.73 Å². The molecule has 0 aliphatic heterocycles. The van der Waals surface area contributed by atoms with Gasteiger partial charge in [0.2, 0.25) is 0 Å². The number of thiol groups is 1. The van der Waals surface area contributed by atoms with Crippen molar-refractivity contribution in [1.29, 1.82) is 0 Å². The average molecular weight is 154 g/mol. The largest absolute Gasteiger partial charge is 0.398 e. The number of rotatable bonds is 1. The van der Waals surface area contributed by atoms with Crippen molar-refractivity contribution in [3.63, 3.8) is 0 Å². The molecular weight excluding hydrogens is 148 g/mol. The van der Waals surface area contributed by atoms with Gasteiger partial charge in [0.25, 0.3) is 0 Å². The van der Waals surface area contributed by atoms with E-state index in [9.17, 15) is 4.91 Å².